The molecule has 1 aliphatic carbocycles. The number of hydrogen-bond acceptors (Lipinski definition) is 9. The standard InChI is InChI=1S/C53H51N3O9/c1-52(2,3)65-51(61)55-46(49(59)62-33-36-20-8-4-9-21-36)35-63-48(58)45(54-50(60)64-34-44-42-30-18-16-28-40(42)41-29-17-19-31-43(41)44)32-47(57)56-53(37-22-10-5-11-23-37,38-24-12-6-13-25-38)39-26-14-7-15-27-39/h4-31,44-46H,32-35H2,1-3H3,(H,54,60)(H,55,61)(H,56,57)/t45-,46-/m0/s1. The van der Waals surface area contributed by atoms with E-state index in [4.69, 9.17) is 18.9 Å². The van der Waals surface area contributed by atoms with Gasteiger partial charge in [-0.05, 0) is 65.3 Å². The summed E-state index contributed by atoms with van der Waals surface area (Å²) in [6.45, 7) is 4.05. The minimum Gasteiger partial charge on any atom is -0.461 e. The van der Waals surface area contributed by atoms with E-state index in [9.17, 15) is 24.0 Å². The van der Waals surface area contributed by atoms with E-state index in [0.29, 0.717) is 5.56 Å². The highest BCUT2D eigenvalue weighted by Gasteiger charge is 2.40. The summed E-state index contributed by atoms with van der Waals surface area (Å²) in [5, 5.41) is 8.22. The summed E-state index contributed by atoms with van der Waals surface area (Å²) in [6.07, 6.45) is -2.55. The number of carbonyl (C=O) groups is 5. The molecular formula is C53H51N3O9. The molecule has 3 amide bonds. The lowest BCUT2D eigenvalue weighted by atomic mass is 9.77. The van der Waals surface area contributed by atoms with E-state index in [0.717, 1.165) is 38.9 Å². The van der Waals surface area contributed by atoms with E-state index in [-0.39, 0.29) is 19.1 Å². The van der Waals surface area contributed by atoms with Crippen LogP contribution in [0, 0.1) is 0 Å². The molecule has 6 aromatic rings. The normalized spacial score (nSPS) is 12.9. The number of alkyl carbamates (subject to hydrolysis) is 2. The molecule has 0 heterocycles. The first-order valence-electron chi connectivity index (χ1n) is 21.4. The maximum Gasteiger partial charge on any atom is 0.408 e. The largest absolute Gasteiger partial charge is 0.461 e. The predicted molar refractivity (Wildman–Crippen MR) is 244 cm³/mol. The number of amides is 3. The Morgan fingerprint density at radius 1 is 0.523 bits per heavy atom. The first-order valence-corrected chi connectivity index (χ1v) is 21.4. The Morgan fingerprint density at radius 2 is 0.969 bits per heavy atom. The first-order chi connectivity index (χ1) is 31.4. The van der Waals surface area contributed by atoms with Crippen molar-refractivity contribution in [1.82, 2.24) is 16.0 Å². The van der Waals surface area contributed by atoms with Crippen LogP contribution < -0.4 is 16.0 Å². The lowest BCUT2D eigenvalue weighted by Crippen LogP contribution is -2.52. The molecule has 2 atom stereocenters. The van der Waals surface area contributed by atoms with Crippen LogP contribution in [0.25, 0.3) is 11.1 Å². The average Bonchev–Trinajstić information content (AvgIpc) is 3.64. The van der Waals surface area contributed by atoms with Crippen LogP contribution in [0.15, 0.2) is 170 Å². The Labute approximate surface area is 378 Å². The summed E-state index contributed by atoms with van der Waals surface area (Å²) in [5.74, 6) is -2.91. The molecule has 65 heavy (non-hydrogen) atoms. The zero-order chi connectivity index (χ0) is 45.8. The van der Waals surface area contributed by atoms with Crippen LogP contribution in [-0.4, -0.2) is 60.9 Å². The van der Waals surface area contributed by atoms with Gasteiger partial charge in [-0.2, -0.15) is 0 Å². The van der Waals surface area contributed by atoms with Crippen LogP contribution in [0.2, 0.25) is 0 Å². The minimum absolute atomic E-state index is 0.0674. The maximum absolute atomic E-state index is 14.6. The van der Waals surface area contributed by atoms with Gasteiger partial charge < -0.3 is 34.9 Å². The van der Waals surface area contributed by atoms with Gasteiger partial charge in [0.1, 0.15) is 37.0 Å². The Balaban J connectivity index is 1.15. The number of esters is 2. The Morgan fingerprint density at radius 3 is 1.48 bits per heavy atom. The van der Waals surface area contributed by atoms with Crippen molar-refractivity contribution in [2.75, 3.05) is 13.2 Å². The fraction of sp³-hybridized carbons (Fsp3) is 0.226. The second kappa shape index (κ2) is 20.6. The lowest BCUT2D eigenvalue weighted by Gasteiger charge is -2.37. The third-order valence-electron chi connectivity index (χ3n) is 10.8. The highest BCUT2D eigenvalue weighted by molar-refractivity contribution is 5.89. The smallest absolute Gasteiger partial charge is 0.408 e. The quantitative estimate of drug-likeness (QED) is 0.0492. The van der Waals surface area contributed by atoms with Gasteiger partial charge in [-0.1, -0.05) is 170 Å². The molecule has 0 bridgehead atoms. The highest BCUT2D eigenvalue weighted by Crippen LogP contribution is 2.44. The second-order valence-corrected chi connectivity index (χ2v) is 16.5. The summed E-state index contributed by atoms with van der Waals surface area (Å²) in [5.41, 5.74) is 4.76. The van der Waals surface area contributed by atoms with E-state index in [1.807, 2.05) is 146 Å². The molecule has 7 rings (SSSR count). The first kappa shape index (κ1) is 45.3. The molecule has 0 saturated carbocycles. The third kappa shape index (κ3) is 11.3. The van der Waals surface area contributed by atoms with Gasteiger partial charge in [0.25, 0.3) is 0 Å². The van der Waals surface area contributed by atoms with Crippen LogP contribution in [0.3, 0.4) is 0 Å². The van der Waals surface area contributed by atoms with E-state index in [1.165, 1.54) is 0 Å². The average molecular weight is 874 g/mol. The number of benzene rings is 6. The molecule has 332 valence electrons. The summed E-state index contributed by atoms with van der Waals surface area (Å²) in [7, 11) is 0. The van der Waals surface area contributed by atoms with Crippen LogP contribution in [0.1, 0.15) is 66.5 Å². The summed E-state index contributed by atoms with van der Waals surface area (Å²) in [4.78, 5) is 69.0. The van der Waals surface area contributed by atoms with Gasteiger partial charge in [0.05, 0.1) is 6.42 Å². The van der Waals surface area contributed by atoms with Crippen LogP contribution in [0.4, 0.5) is 9.59 Å². The number of hydrogen-bond donors (Lipinski definition) is 3. The molecule has 3 N–H and O–H groups in total. The molecule has 6 aromatic carbocycles. The van der Waals surface area contributed by atoms with E-state index in [2.05, 4.69) is 16.0 Å². The van der Waals surface area contributed by atoms with E-state index in [1.54, 1.807) is 45.0 Å². The molecule has 0 aromatic heterocycles. The molecule has 12 heteroatoms. The maximum atomic E-state index is 14.6. The van der Waals surface area contributed by atoms with Crippen molar-refractivity contribution in [3.8, 4) is 11.1 Å². The van der Waals surface area contributed by atoms with Crippen molar-refractivity contribution in [3.05, 3.63) is 203 Å². The number of carbonyl (C=O) groups excluding carboxylic acids is 5. The van der Waals surface area contributed by atoms with Crippen molar-refractivity contribution < 1.29 is 42.9 Å². The van der Waals surface area contributed by atoms with E-state index >= 15 is 0 Å². The molecule has 0 saturated heterocycles. The van der Waals surface area contributed by atoms with Crippen molar-refractivity contribution >= 4 is 30.0 Å². The van der Waals surface area contributed by atoms with Gasteiger partial charge in [-0.15, -0.1) is 0 Å². The van der Waals surface area contributed by atoms with Gasteiger partial charge in [-0.3, -0.25) is 4.79 Å². The fourth-order valence-corrected chi connectivity index (χ4v) is 7.92. The van der Waals surface area contributed by atoms with Gasteiger partial charge in [0, 0.05) is 5.92 Å². The fourth-order valence-electron chi connectivity index (χ4n) is 7.92. The predicted octanol–water partition coefficient (Wildman–Crippen LogP) is 8.57. The van der Waals surface area contributed by atoms with Crippen molar-refractivity contribution in [2.24, 2.45) is 0 Å². The van der Waals surface area contributed by atoms with E-state index < -0.39 is 66.3 Å². The molecule has 0 radical (unpaired) electrons. The number of nitrogens with one attached hydrogen (secondary N) is 3. The number of rotatable bonds is 16. The molecule has 0 spiro atoms. The summed E-state index contributed by atoms with van der Waals surface area (Å²) >= 11 is 0. The van der Waals surface area contributed by atoms with Crippen LogP contribution >= 0.6 is 0 Å². The summed E-state index contributed by atoms with van der Waals surface area (Å²) < 4.78 is 22.4. The van der Waals surface area contributed by atoms with Gasteiger partial charge in [0.2, 0.25) is 5.91 Å². The molecule has 0 fully saturated rings. The highest BCUT2D eigenvalue weighted by atomic mass is 16.6. The van der Waals surface area contributed by atoms with Crippen LogP contribution in [0.5, 0.6) is 0 Å². The zero-order valence-corrected chi connectivity index (χ0v) is 36.4. The Hall–Kier alpha value is -7.73. The van der Waals surface area contributed by atoms with Crippen molar-refractivity contribution in [3.63, 3.8) is 0 Å². The van der Waals surface area contributed by atoms with Crippen LogP contribution in [-0.2, 0) is 45.5 Å². The Bertz CT molecular complexity index is 2440. The monoisotopic (exact) mass is 873 g/mol. The molecule has 12 nitrogen and oxygen atoms in total. The topological polar surface area (TPSA) is 158 Å². The lowest BCUT2D eigenvalue weighted by molar-refractivity contribution is -0.155. The molecule has 0 aliphatic heterocycles. The zero-order valence-electron chi connectivity index (χ0n) is 36.4. The SMILES string of the molecule is CC(C)(C)OC(=O)N[C@@H](COC(=O)[C@H](CC(=O)NC(c1ccccc1)(c1ccccc1)c1ccccc1)NC(=O)OCC1c2ccccc2-c2ccccc21)C(=O)OCc1ccccc1. The minimum atomic E-state index is -1.63. The Kier molecular flexibility index (Phi) is 14.4. The van der Waals surface area contributed by atoms with Crippen molar-refractivity contribution in [2.45, 2.75) is 62.9 Å². The van der Waals surface area contributed by atoms with Gasteiger partial charge in [-0.25, -0.2) is 19.2 Å². The molecular weight excluding hydrogens is 823 g/mol. The molecule has 0 unspecified atom stereocenters. The number of fused-ring (bicyclic) bond motifs is 3. The van der Waals surface area contributed by atoms with Gasteiger partial charge in [0.15, 0.2) is 6.04 Å². The number of ether oxygens (including phenoxy) is 4. The van der Waals surface area contributed by atoms with Crippen molar-refractivity contribution in [1.29, 1.82) is 0 Å². The molecule has 1 aliphatic rings. The second-order valence-electron chi connectivity index (χ2n) is 16.5. The van der Waals surface area contributed by atoms with Gasteiger partial charge >= 0.3 is 24.1 Å². The third-order valence-corrected chi connectivity index (χ3v) is 10.8. The summed E-state index contributed by atoms with van der Waals surface area (Å²) in [6, 6.07) is 49.7.